The van der Waals surface area contributed by atoms with Gasteiger partial charge in [-0.15, -0.1) is 0 Å². The number of amides is 2. The second-order valence-corrected chi connectivity index (χ2v) is 7.64. The lowest BCUT2D eigenvalue weighted by molar-refractivity contribution is -0.107. The van der Waals surface area contributed by atoms with Gasteiger partial charge >= 0.3 is 0 Å². The number of hydroxylamine groups is 1. The number of carbonyl (C=O) groups is 2. The first-order valence-electron chi connectivity index (χ1n) is 10.9. The van der Waals surface area contributed by atoms with Gasteiger partial charge in [0.2, 0.25) is 12.3 Å². The first kappa shape index (κ1) is 23.3. The van der Waals surface area contributed by atoms with Crippen molar-refractivity contribution in [3.8, 4) is 17.6 Å². The lowest BCUT2D eigenvalue weighted by atomic mass is 10.1. The summed E-state index contributed by atoms with van der Waals surface area (Å²) in [4.78, 5) is 26.7. The standard InChI is InChI=1S/C25H25N3O6/c29-18-28(9-1-2-19-3-5-20(6-4-19)25(30)26-31)24-17-21-16-22(7-8-23(21)34-24)33-15-12-27-10-13-32-14-11-27/h3-8,16-18,31H,9-15H2,(H,26,30). The monoisotopic (exact) mass is 463 g/mol. The Balaban J connectivity index is 1.36. The van der Waals surface area contributed by atoms with E-state index in [4.69, 9.17) is 19.1 Å². The predicted molar refractivity (Wildman–Crippen MR) is 125 cm³/mol. The highest BCUT2D eigenvalue weighted by Crippen LogP contribution is 2.28. The zero-order chi connectivity index (χ0) is 23.8. The molecule has 0 saturated carbocycles. The summed E-state index contributed by atoms with van der Waals surface area (Å²) in [7, 11) is 0. The van der Waals surface area contributed by atoms with Crippen molar-refractivity contribution >= 4 is 29.2 Å². The number of hydrogen-bond acceptors (Lipinski definition) is 7. The zero-order valence-corrected chi connectivity index (χ0v) is 18.5. The van der Waals surface area contributed by atoms with Gasteiger partial charge in [-0.2, -0.15) is 0 Å². The molecule has 1 fully saturated rings. The second-order valence-electron chi connectivity index (χ2n) is 7.64. The summed E-state index contributed by atoms with van der Waals surface area (Å²) in [6.07, 6.45) is 0.667. The molecule has 4 rings (SSSR count). The van der Waals surface area contributed by atoms with Gasteiger partial charge in [-0.25, -0.2) is 5.48 Å². The molecule has 2 amide bonds. The quantitative estimate of drug-likeness (QED) is 0.229. The summed E-state index contributed by atoms with van der Waals surface area (Å²) >= 11 is 0. The van der Waals surface area contributed by atoms with Gasteiger partial charge in [0.25, 0.3) is 5.91 Å². The van der Waals surface area contributed by atoms with Crippen molar-refractivity contribution in [1.29, 1.82) is 0 Å². The molecule has 9 nitrogen and oxygen atoms in total. The lowest BCUT2D eigenvalue weighted by Gasteiger charge is -2.26. The molecule has 0 aliphatic carbocycles. The fourth-order valence-electron chi connectivity index (χ4n) is 3.52. The van der Waals surface area contributed by atoms with E-state index in [-0.39, 0.29) is 6.54 Å². The Bertz CT molecular complexity index is 1190. The summed E-state index contributed by atoms with van der Waals surface area (Å²) in [5.41, 5.74) is 3.21. The smallest absolute Gasteiger partial charge is 0.274 e. The molecule has 1 aromatic heterocycles. The highest BCUT2D eigenvalue weighted by atomic mass is 16.5. The fourth-order valence-corrected chi connectivity index (χ4v) is 3.52. The van der Waals surface area contributed by atoms with E-state index in [0.29, 0.717) is 35.6 Å². The van der Waals surface area contributed by atoms with Gasteiger partial charge in [0.05, 0.1) is 19.8 Å². The minimum atomic E-state index is -0.595. The molecule has 1 aliphatic heterocycles. The Hall–Kier alpha value is -3.84. The molecule has 0 radical (unpaired) electrons. The van der Waals surface area contributed by atoms with Crippen LogP contribution in [-0.2, 0) is 9.53 Å². The number of benzene rings is 2. The Morgan fingerprint density at radius 2 is 1.97 bits per heavy atom. The number of nitrogens with zero attached hydrogens (tertiary/aromatic N) is 2. The third-order valence-electron chi connectivity index (χ3n) is 5.40. The van der Waals surface area contributed by atoms with Crippen LogP contribution in [0.3, 0.4) is 0 Å². The number of rotatable bonds is 8. The van der Waals surface area contributed by atoms with Crippen LogP contribution in [0.5, 0.6) is 5.75 Å². The number of ether oxygens (including phenoxy) is 2. The van der Waals surface area contributed by atoms with Gasteiger partial charge in [0.15, 0.2) is 0 Å². The Kier molecular flexibility index (Phi) is 7.78. The second kappa shape index (κ2) is 11.3. The topological polar surface area (TPSA) is 104 Å². The molecule has 0 bridgehead atoms. The Morgan fingerprint density at radius 1 is 1.18 bits per heavy atom. The average molecular weight is 463 g/mol. The number of carbonyl (C=O) groups excluding carboxylic acids is 2. The lowest BCUT2D eigenvalue weighted by Crippen LogP contribution is -2.38. The van der Waals surface area contributed by atoms with Gasteiger partial charge in [-0.05, 0) is 42.5 Å². The number of hydrogen-bond donors (Lipinski definition) is 2. The van der Waals surface area contributed by atoms with Crippen molar-refractivity contribution in [3.05, 3.63) is 59.7 Å². The van der Waals surface area contributed by atoms with Crippen LogP contribution < -0.4 is 15.1 Å². The van der Waals surface area contributed by atoms with E-state index in [2.05, 4.69) is 16.7 Å². The summed E-state index contributed by atoms with van der Waals surface area (Å²) in [5, 5.41) is 9.49. The summed E-state index contributed by atoms with van der Waals surface area (Å²) in [6.45, 7) is 4.91. The van der Waals surface area contributed by atoms with E-state index in [1.807, 2.05) is 18.2 Å². The number of fused-ring (bicyclic) bond motifs is 1. The molecule has 2 N–H and O–H groups in total. The molecule has 34 heavy (non-hydrogen) atoms. The third kappa shape index (κ3) is 5.94. The van der Waals surface area contributed by atoms with Crippen LogP contribution in [0.2, 0.25) is 0 Å². The highest BCUT2D eigenvalue weighted by Gasteiger charge is 2.13. The van der Waals surface area contributed by atoms with Crippen molar-refractivity contribution in [2.45, 2.75) is 0 Å². The van der Waals surface area contributed by atoms with Crippen molar-refractivity contribution < 1.29 is 28.7 Å². The first-order chi connectivity index (χ1) is 16.7. The minimum Gasteiger partial charge on any atom is -0.492 e. The van der Waals surface area contributed by atoms with Gasteiger partial charge in [-0.3, -0.25) is 24.6 Å². The van der Waals surface area contributed by atoms with Crippen molar-refractivity contribution in [2.24, 2.45) is 0 Å². The van der Waals surface area contributed by atoms with Crippen LogP contribution in [0.25, 0.3) is 11.0 Å². The number of anilines is 1. The third-order valence-corrected chi connectivity index (χ3v) is 5.40. The maximum atomic E-state index is 11.6. The van der Waals surface area contributed by atoms with Gasteiger partial charge in [-0.1, -0.05) is 11.8 Å². The van der Waals surface area contributed by atoms with Crippen molar-refractivity contribution in [2.75, 3.05) is 50.9 Å². The van der Waals surface area contributed by atoms with E-state index < -0.39 is 5.91 Å². The zero-order valence-electron chi connectivity index (χ0n) is 18.5. The molecule has 1 saturated heterocycles. The molecule has 1 aliphatic rings. The van der Waals surface area contributed by atoms with Crippen molar-refractivity contribution in [3.63, 3.8) is 0 Å². The summed E-state index contributed by atoms with van der Waals surface area (Å²) in [6, 6.07) is 13.8. The van der Waals surface area contributed by atoms with Crippen LogP contribution in [0.4, 0.5) is 5.88 Å². The first-order valence-corrected chi connectivity index (χ1v) is 10.9. The van der Waals surface area contributed by atoms with Gasteiger partial charge in [0.1, 0.15) is 17.9 Å². The van der Waals surface area contributed by atoms with E-state index in [1.165, 1.54) is 4.90 Å². The van der Waals surface area contributed by atoms with Gasteiger partial charge in [0, 0.05) is 42.2 Å². The van der Waals surface area contributed by atoms with Crippen LogP contribution in [0, 0.1) is 11.8 Å². The molecule has 0 unspecified atom stereocenters. The molecule has 9 heteroatoms. The maximum absolute atomic E-state index is 11.6. The summed E-state index contributed by atoms with van der Waals surface area (Å²) in [5.74, 6) is 6.40. The van der Waals surface area contributed by atoms with Crippen LogP contribution >= 0.6 is 0 Å². The van der Waals surface area contributed by atoms with E-state index in [9.17, 15) is 9.59 Å². The molecule has 0 spiro atoms. The van der Waals surface area contributed by atoms with Crippen LogP contribution in [0.15, 0.2) is 52.9 Å². The summed E-state index contributed by atoms with van der Waals surface area (Å²) < 4.78 is 17.1. The molecule has 0 atom stereocenters. The maximum Gasteiger partial charge on any atom is 0.274 e. The van der Waals surface area contributed by atoms with Crippen molar-refractivity contribution in [1.82, 2.24) is 10.4 Å². The molecular weight excluding hydrogens is 438 g/mol. The van der Waals surface area contributed by atoms with Crippen LogP contribution in [0.1, 0.15) is 15.9 Å². The van der Waals surface area contributed by atoms with Gasteiger partial charge < -0.3 is 13.9 Å². The largest absolute Gasteiger partial charge is 0.492 e. The van der Waals surface area contributed by atoms with E-state index in [1.54, 1.807) is 35.8 Å². The average Bonchev–Trinajstić information content (AvgIpc) is 3.30. The number of morpholine rings is 1. The molecule has 2 aromatic carbocycles. The fraction of sp³-hybridized carbons (Fsp3) is 0.280. The highest BCUT2D eigenvalue weighted by molar-refractivity contribution is 5.93. The van der Waals surface area contributed by atoms with Crippen LogP contribution in [-0.4, -0.2) is 68.4 Å². The molecular formula is C25H25N3O6. The SMILES string of the molecule is O=CN(CC#Cc1ccc(C(=O)NO)cc1)c1cc2cc(OCCN3CCOCC3)ccc2o1. The number of furan rings is 1. The Labute approximate surface area is 196 Å². The minimum absolute atomic E-state index is 0.130. The normalized spacial score (nSPS) is 13.7. The molecule has 176 valence electrons. The molecule has 3 aromatic rings. The molecule has 2 heterocycles. The Morgan fingerprint density at radius 3 is 2.71 bits per heavy atom. The van der Waals surface area contributed by atoms with E-state index >= 15 is 0 Å². The van der Waals surface area contributed by atoms with E-state index in [0.717, 1.165) is 44.0 Å². The number of nitrogens with one attached hydrogen (secondary N) is 1. The predicted octanol–water partition coefficient (Wildman–Crippen LogP) is 2.28.